The zero-order valence-corrected chi connectivity index (χ0v) is 30.8. The van der Waals surface area contributed by atoms with Gasteiger partial charge < -0.3 is 9.47 Å². The SMILES string of the molecule is c1ccc(-c2cccc(N(c3ccccc3)c3ccc(-c4ccc(-c5ccc(-c6ccc7c(c6)c6ccccc6n7-c6ccccc6)cc5)cc4)cc3)c2)cc1. The molecule has 0 radical (unpaired) electrons. The van der Waals surface area contributed by atoms with Crippen LogP contribution in [0.4, 0.5) is 17.1 Å². The topological polar surface area (TPSA) is 8.17 Å². The Labute approximate surface area is 327 Å². The number of hydrogen-bond donors (Lipinski definition) is 0. The maximum atomic E-state index is 2.36. The standard InChI is InChI=1S/C54H38N2/c1-4-13-39(14-5-1)45-15-12-20-50(37-45)55(47-16-6-2-7-17-47)49-34-31-43(32-35-49)42-25-23-40(24-26-42)41-27-29-44(30-28-41)46-33-36-54-52(38-46)51-21-10-11-22-53(51)56(54)48-18-8-3-9-19-48/h1-38H. The van der Waals surface area contributed by atoms with E-state index in [1.165, 1.54) is 72.0 Å². The van der Waals surface area contributed by atoms with E-state index in [1.54, 1.807) is 0 Å². The van der Waals surface area contributed by atoms with Gasteiger partial charge in [0.05, 0.1) is 11.0 Å². The Bertz CT molecular complexity index is 2910. The molecule has 0 atom stereocenters. The highest BCUT2D eigenvalue weighted by molar-refractivity contribution is 6.10. The maximum absolute atomic E-state index is 2.36. The van der Waals surface area contributed by atoms with Gasteiger partial charge in [0.15, 0.2) is 0 Å². The molecule has 0 amide bonds. The minimum absolute atomic E-state index is 1.11. The molecule has 1 aromatic heterocycles. The molecule has 0 spiro atoms. The predicted molar refractivity (Wildman–Crippen MR) is 237 cm³/mol. The summed E-state index contributed by atoms with van der Waals surface area (Å²) < 4.78 is 2.36. The fourth-order valence-electron chi connectivity index (χ4n) is 8.00. The molecule has 0 fully saturated rings. The van der Waals surface area contributed by atoms with Crippen LogP contribution in [0.3, 0.4) is 0 Å². The van der Waals surface area contributed by atoms with Crippen molar-refractivity contribution >= 4 is 38.9 Å². The first-order valence-corrected chi connectivity index (χ1v) is 19.2. The summed E-state index contributed by atoms with van der Waals surface area (Å²) in [6, 6.07) is 82.9. The van der Waals surface area contributed by atoms with Crippen molar-refractivity contribution in [2.75, 3.05) is 4.90 Å². The van der Waals surface area contributed by atoms with E-state index in [9.17, 15) is 0 Å². The molecule has 0 aliphatic heterocycles. The molecule has 264 valence electrons. The second-order valence-electron chi connectivity index (χ2n) is 14.2. The highest BCUT2D eigenvalue weighted by Crippen LogP contribution is 2.38. The number of rotatable bonds is 8. The molecule has 9 aromatic carbocycles. The van der Waals surface area contributed by atoms with Crippen LogP contribution >= 0.6 is 0 Å². The third-order valence-electron chi connectivity index (χ3n) is 10.8. The zero-order chi connectivity index (χ0) is 37.3. The Morgan fingerprint density at radius 1 is 0.250 bits per heavy atom. The fourth-order valence-corrected chi connectivity index (χ4v) is 8.00. The van der Waals surface area contributed by atoms with Gasteiger partial charge in [0.2, 0.25) is 0 Å². The molecule has 2 heteroatoms. The number of hydrogen-bond acceptors (Lipinski definition) is 1. The molecule has 0 unspecified atom stereocenters. The van der Waals surface area contributed by atoms with E-state index in [-0.39, 0.29) is 0 Å². The second kappa shape index (κ2) is 14.4. The van der Waals surface area contributed by atoms with E-state index >= 15 is 0 Å². The van der Waals surface area contributed by atoms with Crippen molar-refractivity contribution in [3.05, 3.63) is 231 Å². The normalized spacial score (nSPS) is 11.2. The van der Waals surface area contributed by atoms with Crippen molar-refractivity contribution in [3.63, 3.8) is 0 Å². The molecule has 0 aliphatic rings. The summed E-state index contributed by atoms with van der Waals surface area (Å²) in [7, 11) is 0. The molecule has 0 aliphatic carbocycles. The van der Waals surface area contributed by atoms with Gasteiger partial charge in [-0.3, -0.25) is 0 Å². The van der Waals surface area contributed by atoms with Gasteiger partial charge >= 0.3 is 0 Å². The molecule has 1 heterocycles. The predicted octanol–water partition coefficient (Wildman–Crippen LogP) is 14.9. The van der Waals surface area contributed by atoms with Gasteiger partial charge in [0.25, 0.3) is 0 Å². The summed E-state index contributed by atoms with van der Waals surface area (Å²) in [5, 5.41) is 2.53. The van der Waals surface area contributed by atoms with Crippen molar-refractivity contribution in [3.8, 4) is 50.2 Å². The van der Waals surface area contributed by atoms with Gasteiger partial charge in [-0.15, -0.1) is 0 Å². The van der Waals surface area contributed by atoms with Gasteiger partial charge in [-0.1, -0.05) is 164 Å². The smallest absolute Gasteiger partial charge is 0.0541 e. The van der Waals surface area contributed by atoms with E-state index < -0.39 is 0 Å². The Morgan fingerprint density at radius 2 is 0.661 bits per heavy atom. The largest absolute Gasteiger partial charge is 0.310 e. The number of aromatic nitrogens is 1. The lowest BCUT2D eigenvalue weighted by molar-refractivity contribution is 1.18. The quantitative estimate of drug-likeness (QED) is 0.152. The minimum Gasteiger partial charge on any atom is -0.310 e. The van der Waals surface area contributed by atoms with Gasteiger partial charge in [0.1, 0.15) is 0 Å². The lowest BCUT2D eigenvalue weighted by Crippen LogP contribution is -2.09. The van der Waals surface area contributed by atoms with E-state index in [0.717, 1.165) is 17.1 Å². The molecule has 56 heavy (non-hydrogen) atoms. The minimum atomic E-state index is 1.11. The summed E-state index contributed by atoms with van der Waals surface area (Å²) in [5.41, 5.74) is 16.6. The van der Waals surface area contributed by atoms with Gasteiger partial charge in [-0.25, -0.2) is 0 Å². The lowest BCUT2D eigenvalue weighted by Gasteiger charge is -2.26. The summed E-state index contributed by atoms with van der Waals surface area (Å²) in [5.74, 6) is 0. The second-order valence-corrected chi connectivity index (χ2v) is 14.2. The van der Waals surface area contributed by atoms with Gasteiger partial charge in [-0.05, 0) is 111 Å². The van der Waals surface area contributed by atoms with Crippen LogP contribution in [0.1, 0.15) is 0 Å². The highest BCUT2D eigenvalue weighted by atomic mass is 15.1. The molecular weight excluding hydrogens is 677 g/mol. The van der Waals surface area contributed by atoms with Gasteiger partial charge in [-0.2, -0.15) is 0 Å². The summed E-state index contributed by atoms with van der Waals surface area (Å²) in [6.45, 7) is 0. The van der Waals surface area contributed by atoms with E-state index in [1.807, 2.05) is 0 Å². The monoisotopic (exact) mass is 714 g/mol. The first-order valence-electron chi connectivity index (χ1n) is 19.2. The van der Waals surface area contributed by atoms with E-state index in [0.29, 0.717) is 0 Å². The fraction of sp³-hybridized carbons (Fsp3) is 0. The lowest BCUT2D eigenvalue weighted by atomic mass is 9.97. The summed E-state index contributed by atoms with van der Waals surface area (Å²) >= 11 is 0. The van der Waals surface area contributed by atoms with Crippen LogP contribution in [0, 0.1) is 0 Å². The molecular formula is C54H38N2. The maximum Gasteiger partial charge on any atom is 0.0541 e. The number of fused-ring (bicyclic) bond motifs is 3. The first kappa shape index (κ1) is 33.2. The van der Waals surface area contributed by atoms with E-state index in [2.05, 4.69) is 240 Å². The van der Waals surface area contributed by atoms with Crippen LogP contribution in [0.2, 0.25) is 0 Å². The van der Waals surface area contributed by atoms with Crippen LogP contribution in [0.15, 0.2) is 231 Å². The first-order chi connectivity index (χ1) is 27.8. The van der Waals surface area contributed by atoms with E-state index in [4.69, 9.17) is 0 Å². The molecule has 10 rings (SSSR count). The van der Waals surface area contributed by atoms with Crippen LogP contribution in [0.25, 0.3) is 72.0 Å². The summed E-state index contributed by atoms with van der Waals surface area (Å²) in [4.78, 5) is 2.32. The molecule has 0 saturated carbocycles. The number of para-hydroxylation sites is 3. The van der Waals surface area contributed by atoms with Crippen LogP contribution in [-0.2, 0) is 0 Å². The average molecular weight is 715 g/mol. The van der Waals surface area contributed by atoms with Crippen molar-refractivity contribution < 1.29 is 0 Å². The van der Waals surface area contributed by atoms with Crippen LogP contribution < -0.4 is 4.90 Å². The van der Waals surface area contributed by atoms with Crippen LogP contribution in [-0.4, -0.2) is 4.57 Å². The third kappa shape index (κ3) is 6.24. The van der Waals surface area contributed by atoms with Gasteiger partial charge in [0, 0.05) is 33.5 Å². The Morgan fingerprint density at radius 3 is 1.30 bits per heavy atom. The number of nitrogens with zero attached hydrogens (tertiary/aromatic N) is 2. The van der Waals surface area contributed by atoms with Crippen molar-refractivity contribution in [1.82, 2.24) is 4.57 Å². The van der Waals surface area contributed by atoms with Crippen molar-refractivity contribution in [2.24, 2.45) is 0 Å². The Hall–Kier alpha value is -7.42. The molecule has 0 saturated heterocycles. The van der Waals surface area contributed by atoms with Crippen LogP contribution in [0.5, 0.6) is 0 Å². The zero-order valence-electron chi connectivity index (χ0n) is 30.8. The molecule has 0 bridgehead atoms. The number of anilines is 3. The third-order valence-corrected chi connectivity index (χ3v) is 10.8. The Balaban J connectivity index is 0.904. The van der Waals surface area contributed by atoms with Crippen molar-refractivity contribution in [2.45, 2.75) is 0 Å². The Kier molecular flexibility index (Phi) is 8.55. The number of benzene rings is 9. The molecule has 10 aromatic rings. The molecule has 2 nitrogen and oxygen atoms in total. The van der Waals surface area contributed by atoms with Crippen molar-refractivity contribution in [1.29, 1.82) is 0 Å². The highest BCUT2D eigenvalue weighted by Gasteiger charge is 2.15. The average Bonchev–Trinajstić information content (AvgIpc) is 3.62. The summed E-state index contributed by atoms with van der Waals surface area (Å²) in [6.07, 6.45) is 0. The molecule has 0 N–H and O–H groups in total.